The van der Waals surface area contributed by atoms with Gasteiger partial charge in [0.1, 0.15) is 17.3 Å². The van der Waals surface area contributed by atoms with Crippen molar-refractivity contribution in [3.05, 3.63) is 57.0 Å². The van der Waals surface area contributed by atoms with Gasteiger partial charge in [0.05, 0.1) is 41.3 Å². The monoisotopic (exact) mass is 613 g/mol. The molecule has 1 unspecified atom stereocenters. The van der Waals surface area contributed by atoms with E-state index in [1.165, 1.54) is 12.8 Å². The Kier molecular flexibility index (Phi) is 12.5. The number of nitrogens with zero attached hydrogens (tertiary/aromatic N) is 3. The van der Waals surface area contributed by atoms with E-state index in [-0.39, 0.29) is 11.5 Å². The molecule has 0 saturated heterocycles. The second-order valence-corrected chi connectivity index (χ2v) is 11.1. The zero-order chi connectivity index (χ0) is 29.1. The molecule has 1 atom stereocenters. The predicted molar refractivity (Wildman–Crippen MR) is 166 cm³/mol. The van der Waals surface area contributed by atoms with Gasteiger partial charge in [0.2, 0.25) is 5.91 Å². The molecule has 3 rings (SSSR count). The van der Waals surface area contributed by atoms with Crippen molar-refractivity contribution in [3.63, 3.8) is 0 Å². The number of halogens is 1. The summed E-state index contributed by atoms with van der Waals surface area (Å²) in [6.07, 6.45) is 10.1. The van der Waals surface area contributed by atoms with Gasteiger partial charge in [-0.25, -0.2) is 4.98 Å². The fourth-order valence-electron chi connectivity index (χ4n) is 5.06. The molecule has 1 aromatic heterocycles. The first-order valence-corrected chi connectivity index (χ1v) is 15.4. The van der Waals surface area contributed by atoms with Crippen LogP contribution in [0.1, 0.15) is 96.8 Å². The Morgan fingerprint density at radius 1 is 0.975 bits per heavy atom. The highest BCUT2D eigenvalue weighted by molar-refractivity contribution is 9.10. The predicted octanol–water partition coefficient (Wildman–Crippen LogP) is 8.00. The van der Waals surface area contributed by atoms with Crippen molar-refractivity contribution in [2.24, 2.45) is 0 Å². The van der Waals surface area contributed by atoms with E-state index in [2.05, 4.69) is 29.8 Å². The van der Waals surface area contributed by atoms with Crippen LogP contribution in [-0.2, 0) is 4.79 Å². The Morgan fingerprint density at radius 3 is 2.33 bits per heavy atom. The Morgan fingerprint density at radius 2 is 1.65 bits per heavy atom. The lowest BCUT2D eigenvalue weighted by Gasteiger charge is -2.31. The fourth-order valence-corrected chi connectivity index (χ4v) is 5.62. The van der Waals surface area contributed by atoms with Gasteiger partial charge in [0, 0.05) is 25.1 Å². The largest absolute Gasteiger partial charge is 0.497 e. The van der Waals surface area contributed by atoms with E-state index in [9.17, 15) is 9.59 Å². The second kappa shape index (κ2) is 15.8. The van der Waals surface area contributed by atoms with E-state index in [4.69, 9.17) is 14.5 Å². The summed E-state index contributed by atoms with van der Waals surface area (Å²) in [5, 5.41) is 0.504. The van der Waals surface area contributed by atoms with Gasteiger partial charge in [-0.05, 0) is 47.8 Å². The normalized spacial score (nSPS) is 11.9. The lowest BCUT2D eigenvalue weighted by atomic mass is 10.1. The summed E-state index contributed by atoms with van der Waals surface area (Å²) in [7, 11) is 3.15. The van der Waals surface area contributed by atoms with Crippen molar-refractivity contribution in [3.8, 4) is 17.2 Å². The third-order valence-electron chi connectivity index (χ3n) is 7.40. The fraction of sp³-hybridized carbons (Fsp3) is 0.531. The third-order valence-corrected chi connectivity index (χ3v) is 8.20. The van der Waals surface area contributed by atoms with Crippen molar-refractivity contribution in [2.45, 2.75) is 91.0 Å². The van der Waals surface area contributed by atoms with Crippen LogP contribution in [-0.4, -0.2) is 41.1 Å². The number of ether oxygens (including phenoxy) is 2. The molecule has 3 aromatic rings. The van der Waals surface area contributed by atoms with Crippen molar-refractivity contribution in [2.75, 3.05) is 20.8 Å². The number of hydrogen-bond donors (Lipinski definition) is 0. The lowest BCUT2D eigenvalue weighted by molar-refractivity contribution is -0.133. The molecule has 8 heteroatoms. The van der Waals surface area contributed by atoms with Gasteiger partial charge >= 0.3 is 0 Å². The van der Waals surface area contributed by atoms with Crippen LogP contribution < -0.4 is 15.0 Å². The maximum atomic E-state index is 14.1. The maximum Gasteiger partial charge on any atom is 0.266 e. The smallest absolute Gasteiger partial charge is 0.266 e. The molecule has 0 aliphatic heterocycles. The third kappa shape index (κ3) is 7.65. The zero-order valence-corrected chi connectivity index (χ0v) is 26.3. The minimum absolute atomic E-state index is 0.108. The van der Waals surface area contributed by atoms with Crippen LogP contribution >= 0.6 is 15.9 Å². The first-order valence-electron chi connectivity index (χ1n) is 14.6. The van der Waals surface area contributed by atoms with Crippen LogP contribution in [0.4, 0.5) is 0 Å². The highest BCUT2D eigenvalue weighted by atomic mass is 79.9. The Hall–Kier alpha value is -2.87. The topological polar surface area (TPSA) is 73.7 Å². The van der Waals surface area contributed by atoms with Gasteiger partial charge in [-0.2, -0.15) is 0 Å². The van der Waals surface area contributed by atoms with Gasteiger partial charge in [-0.3, -0.25) is 14.2 Å². The van der Waals surface area contributed by atoms with Crippen molar-refractivity contribution in [1.29, 1.82) is 0 Å². The van der Waals surface area contributed by atoms with E-state index in [0.29, 0.717) is 51.4 Å². The van der Waals surface area contributed by atoms with Gasteiger partial charge < -0.3 is 14.4 Å². The zero-order valence-electron chi connectivity index (χ0n) is 24.7. The molecule has 1 heterocycles. The first-order chi connectivity index (χ1) is 19.4. The molecule has 1 amide bonds. The van der Waals surface area contributed by atoms with Gasteiger partial charge in [0.15, 0.2) is 0 Å². The average Bonchev–Trinajstić information content (AvgIpc) is 2.97. The highest BCUT2D eigenvalue weighted by Gasteiger charge is 2.28. The lowest BCUT2D eigenvalue weighted by Crippen LogP contribution is -2.38. The number of amides is 1. The Balaban J connectivity index is 2.14. The van der Waals surface area contributed by atoms with E-state index >= 15 is 0 Å². The Labute approximate surface area is 247 Å². The van der Waals surface area contributed by atoms with Crippen LogP contribution in [0, 0.1) is 0 Å². The minimum atomic E-state index is -0.425. The number of para-hydroxylation sites is 1. The number of unbranched alkanes of at least 4 members (excludes halogenated alkanes) is 7. The molecular weight excluding hydrogens is 570 g/mol. The number of hydrogen-bond acceptors (Lipinski definition) is 5. The molecule has 0 radical (unpaired) electrons. The van der Waals surface area contributed by atoms with Gasteiger partial charge in [-0.1, -0.05) is 70.9 Å². The molecule has 2 aromatic carbocycles. The molecular formula is C32H44BrN3O4. The number of fused-ring (bicyclic) bond motifs is 1. The number of carbonyl (C=O) groups is 1. The maximum absolute atomic E-state index is 14.1. The molecule has 218 valence electrons. The van der Waals surface area contributed by atoms with Crippen LogP contribution in [0.5, 0.6) is 11.5 Å². The number of rotatable bonds is 16. The molecule has 0 aliphatic rings. The quantitative estimate of drug-likeness (QED) is 0.153. The minimum Gasteiger partial charge on any atom is -0.497 e. The molecule has 0 N–H and O–H groups in total. The summed E-state index contributed by atoms with van der Waals surface area (Å²) in [4.78, 5) is 34.7. The van der Waals surface area contributed by atoms with Crippen LogP contribution in [0.25, 0.3) is 16.6 Å². The summed E-state index contributed by atoms with van der Waals surface area (Å²) in [6.45, 7) is 6.98. The van der Waals surface area contributed by atoms with E-state index in [1.807, 2.05) is 30.0 Å². The SMILES string of the molecule is CCCCCCCC(=O)N(CCCCCC)C(C)c1nc2ccccc2c(=O)n1-c1cc(OC)cc(OC)c1Br. The van der Waals surface area contributed by atoms with Crippen LogP contribution in [0.3, 0.4) is 0 Å². The average molecular weight is 615 g/mol. The summed E-state index contributed by atoms with van der Waals surface area (Å²) >= 11 is 3.65. The molecule has 0 fully saturated rings. The first kappa shape index (κ1) is 31.7. The van der Waals surface area contributed by atoms with E-state index < -0.39 is 6.04 Å². The van der Waals surface area contributed by atoms with Gasteiger partial charge in [0.25, 0.3) is 5.56 Å². The van der Waals surface area contributed by atoms with Crippen LogP contribution in [0.2, 0.25) is 0 Å². The van der Waals surface area contributed by atoms with Crippen molar-refractivity contribution < 1.29 is 14.3 Å². The number of benzene rings is 2. The summed E-state index contributed by atoms with van der Waals surface area (Å²) in [5.41, 5.74) is 0.954. The Bertz CT molecular complexity index is 1320. The summed E-state index contributed by atoms with van der Waals surface area (Å²) in [6, 6.07) is 10.5. The summed E-state index contributed by atoms with van der Waals surface area (Å²) in [5.74, 6) is 1.70. The summed E-state index contributed by atoms with van der Waals surface area (Å²) < 4.78 is 13.3. The van der Waals surface area contributed by atoms with Crippen molar-refractivity contribution >= 4 is 32.7 Å². The standard InChI is InChI=1S/C32H44BrN3O4/c1-6-8-10-12-13-19-29(37)35(20-16-11-9-7-2)23(3)31-34-26-18-15-14-17-25(26)32(38)36(31)27-21-24(39-4)22-28(40-5)30(27)33/h14-15,17-18,21-23H,6-13,16,19-20H2,1-5H3. The van der Waals surface area contributed by atoms with E-state index in [0.717, 1.165) is 44.9 Å². The van der Waals surface area contributed by atoms with Crippen molar-refractivity contribution in [1.82, 2.24) is 14.5 Å². The highest BCUT2D eigenvalue weighted by Crippen LogP contribution is 2.37. The molecule has 40 heavy (non-hydrogen) atoms. The molecule has 0 saturated carbocycles. The molecule has 7 nitrogen and oxygen atoms in total. The molecule has 0 spiro atoms. The molecule has 0 aliphatic carbocycles. The number of carbonyl (C=O) groups excluding carboxylic acids is 1. The second-order valence-electron chi connectivity index (χ2n) is 10.3. The van der Waals surface area contributed by atoms with Gasteiger partial charge in [-0.15, -0.1) is 0 Å². The van der Waals surface area contributed by atoms with E-state index in [1.54, 1.807) is 37.0 Å². The van der Waals surface area contributed by atoms with Crippen LogP contribution in [0.15, 0.2) is 45.7 Å². The number of aromatic nitrogens is 2. The molecule has 0 bridgehead atoms. The number of methoxy groups -OCH3 is 2.